The smallest absolute Gasteiger partial charge is 0.315 e. The Morgan fingerprint density at radius 2 is 2.08 bits per heavy atom. The first-order valence-corrected chi connectivity index (χ1v) is 8.93. The summed E-state index contributed by atoms with van der Waals surface area (Å²) in [6.07, 6.45) is 0.806. The van der Waals surface area contributed by atoms with Crippen LogP contribution in [0, 0.1) is 0 Å². The van der Waals surface area contributed by atoms with Crippen LogP contribution in [0.4, 0.5) is 4.79 Å². The minimum atomic E-state index is -0.150. The molecule has 0 aliphatic carbocycles. The zero-order valence-electron chi connectivity index (χ0n) is 14.8. The number of carbonyl (C=O) groups is 1. The van der Waals surface area contributed by atoms with Crippen LogP contribution in [-0.2, 0) is 4.74 Å². The van der Waals surface area contributed by atoms with Crippen LogP contribution in [0.15, 0.2) is 24.3 Å². The van der Waals surface area contributed by atoms with Crippen molar-refractivity contribution in [2.75, 3.05) is 32.8 Å². The van der Waals surface area contributed by atoms with Gasteiger partial charge in [-0.1, -0.05) is 30.7 Å². The Morgan fingerprint density at radius 1 is 1.38 bits per heavy atom. The molecule has 1 unspecified atom stereocenters. The molecule has 24 heavy (non-hydrogen) atoms. The number of carbonyl (C=O) groups excluding carboxylic acids is 1. The third-order valence-corrected chi connectivity index (χ3v) is 4.75. The van der Waals surface area contributed by atoms with Gasteiger partial charge in [-0.05, 0) is 38.0 Å². The molecule has 0 radical (unpaired) electrons. The maximum Gasteiger partial charge on any atom is 0.315 e. The fourth-order valence-electron chi connectivity index (χ4n) is 2.93. The molecule has 1 atom stereocenters. The van der Waals surface area contributed by atoms with Gasteiger partial charge in [0.05, 0.1) is 19.3 Å². The molecule has 0 spiro atoms. The largest absolute Gasteiger partial charge is 0.379 e. The van der Waals surface area contributed by atoms with Crippen LogP contribution in [0.1, 0.15) is 38.8 Å². The highest BCUT2D eigenvalue weighted by molar-refractivity contribution is 6.30. The molecular formula is C18H28ClN3O2. The Bertz CT molecular complexity index is 545. The normalized spacial score (nSPS) is 17.3. The van der Waals surface area contributed by atoms with Gasteiger partial charge in [0.2, 0.25) is 0 Å². The summed E-state index contributed by atoms with van der Waals surface area (Å²) in [6.45, 7) is 10.2. The van der Waals surface area contributed by atoms with Crippen LogP contribution in [-0.4, -0.2) is 49.3 Å². The predicted molar refractivity (Wildman–Crippen MR) is 97.5 cm³/mol. The van der Waals surface area contributed by atoms with Crippen molar-refractivity contribution in [1.82, 2.24) is 15.5 Å². The maximum atomic E-state index is 12.3. The van der Waals surface area contributed by atoms with Gasteiger partial charge in [0.1, 0.15) is 0 Å². The molecule has 134 valence electrons. The average Bonchev–Trinajstić information content (AvgIpc) is 2.59. The lowest BCUT2D eigenvalue weighted by molar-refractivity contribution is -0.00876. The minimum Gasteiger partial charge on any atom is -0.379 e. The van der Waals surface area contributed by atoms with Gasteiger partial charge < -0.3 is 15.4 Å². The van der Waals surface area contributed by atoms with Crippen molar-refractivity contribution >= 4 is 17.6 Å². The maximum absolute atomic E-state index is 12.3. The number of benzene rings is 1. The molecule has 2 amide bonds. The third-order valence-electron chi connectivity index (χ3n) is 4.51. The molecule has 0 aromatic heterocycles. The number of rotatable bonds is 6. The molecule has 1 aliphatic rings. The van der Waals surface area contributed by atoms with Crippen molar-refractivity contribution < 1.29 is 9.53 Å². The first-order chi connectivity index (χ1) is 11.4. The zero-order chi connectivity index (χ0) is 17.6. The fourth-order valence-corrected chi connectivity index (χ4v) is 3.13. The van der Waals surface area contributed by atoms with Crippen molar-refractivity contribution in [3.8, 4) is 0 Å². The topological polar surface area (TPSA) is 53.6 Å². The number of halogens is 1. The van der Waals surface area contributed by atoms with Gasteiger partial charge in [-0.25, -0.2) is 4.79 Å². The van der Waals surface area contributed by atoms with Gasteiger partial charge in [0.25, 0.3) is 0 Å². The van der Waals surface area contributed by atoms with Gasteiger partial charge in [0, 0.05) is 30.2 Å². The van der Waals surface area contributed by atoms with Gasteiger partial charge in [-0.2, -0.15) is 0 Å². The van der Waals surface area contributed by atoms with Crippen molar-refractivity contribution in [2.45, 2.75) is 38.8 Å². The number of nitrogens with one attached hydrogen (secondary N) is 2. The Balaban J connectivity index is 1.87. The summed E-state index contributed by atoms with van der Waals surface area (Å²) < 4.78 is 5.39. The van der Waals surface area contributed by atoms with Gasteiger partial charge in [-0.3, -0.25) is 4.90 Å². The van der Waals surface area contributed by atoms with E-state index in [4.69, 9.17) is 16.3 Å². The second kappa shape index (κ2) is 8.70. The van der Waals surface area contributed by atoms with E-state index in [0.29, 0.717) is 11.6 Å². The van der Waals surface area contributed by atoms with E-state index in [1.165, 1.54) is 0 Å². The van der Waals surface area contributed by atoms with E-state index < -0.39 is 0 Å². The number of hydrogen-bond acceptors (Lipinski definition) is 3. The van der Waals surface area contributed by atoms with Gasteiger partial charge in [0.15, 0.2) is 0 Å². The van der Waals surface area contributed by atoms with Gasteiger partial charge >= 0.3 is 6.03 Å². The zero-order valence-corrected chi connectivity index (χ0v) is 15.5. The molecule has 0 bridgehead atoms. The summed E-state index contributed by atoms with van der Waals surface area (Å²) in [7, 11) is 0. The molecule has 1 saturated heterocycles. The lowest BCUT2D eigenvalue weighted by Gasteiger charge is -2.40. The molecule has 6 heteroatoms. The predicted octanol–water partition coefficient (Wildman–Crippen LogP) is 3.20. The summed E-state index contributed by atoms with van der Waals surface area (Å²) in [5, 5.41) is 6.72. The van der Waals surface area contributed by atoms with Crippen LogP contribution < -0.4 is 10.6 Å². The van der Waals surface area contributed by atoms with Crippen LogP contribution in [0.5, 0.6) is 0 Å². The van der Waals surface area contributed by atoms with E-state index in [9.17, 15) is 4.79 Å². The van der Waals surface area contributed by atoms with E-state index in [2.05, 4.69) is 29.4 Å². The lowest BCUT2D eigenvalue weighted by Crippen LogP contribution is -2.56. The quantitative estimate of drug-likeness (QED) is 0.825. The molecule has 2 N–H and O–H groups in total. The Hall–Kier alpha value is -1.30. The van der Waals surface area contributed by atoms with Crippen molar-refractivity contribution in [1.29, 1.82) is 0 Å². The Kier molecular flexibility index (Phi) is 6.90. The van der Waals surface area contributed by atoms with E-state index in [0.717, 1.165) is 38.3 Å². The van der Waals surface area contributed by atoms with E-state index >= 15 is 0 Å². The van der Waals surface area contributed by atoms with Crippen LogP contribution in [0.2, 0.25) is 5.02 Å². The number of urea groups is 1. The molecular weight excluding hydrogens is 326 g/mol. The Labute approximate surface area is 149 Å². The lowest BCUT2D eigenvalue weighted by atomic mass is 10.0. The molecule has 1 aliphatic heterocycles. The number of morpholine rings is 1. The van der Waals surface area contributed by atoms with Crippen molar-refractivity contribution in [3.63, 3.8) is 0 Å². The molecule has 1 aromatic rings. The summed E-state index contributed by atoms with van der Waals surface area (Å²) in [5.41, 5.74) is 0.923. The number of nitrogens with zero attached hydrogens (tertiary/aromatic N) is 1. The van der Waals surface area contributed by atoms with Crippen molar-refractivity contribution in [3.05, 3.63) is 34.9 Å². The standard InChI is InChI=1S/C18H28ClN3O2/c1-4-16(14-6-5-7-15(19)12-14)21-17(23)20-13-18(2,3)22-8-10-24-11-9-22/h5-7,12,16H,4,8-11,13H2,1-3H3,(H2,20,21,23). The Morgan fingerprint density at radius 3 is 2.71 bits per heavy atom. The number of hydrogen-bond donors (Lipinski definition) is 2. The van der Waals surface area contributed by atoms with E-state index in [1.807, 2.05) is 31.2 Å². The second-order valence-corrected chi connectivity index (χ2v) is 7.19. The highest BCUT2D eigenvalue weighted by atomic mass is 35.5. The molecule has 2 rings (SSSR count). The highest BCUT2D eigenvalue weighted by Crippen LogP contribution is 2.20. The summed E-state index contributed by atoms with van der Waals surface area (Å²) in [4.78, 5) is 14.7. The van der Waals surface area contributed by atoms with E-state index in [1.54, 1.807) is 0 Å². The monoisotopic (exact) mass is 353 g/mol. The van der Waals surface area contributed by atoms with Crippen LogP contribution in [0.3, 0.4) is 0 Å². The second-order valence-electron chi connectivity index (χ2n) is 6.75. The van der Waals surface area contributed by atoms with E-state index in [-0.39, 0.29) is 17.6 Å². The summed E-state index contributed by atoms with van der Waals surface area (Å²) in [6, 6.07) is 7.42. The molecule has 0 saturated carbocycles. The van der Waals surface area contributed by atoms with Crippen molar-refractivity contribution in [2.24, 2.45) is 0 Å². The highest BCUT2D eigenvalue weighted by Gasteiger charge is 2.28. The molecule has 1 heterocycles. The SMILES string of the molecule is CCC(NC(=O)NCC(C)(C)N1CCOCC1)c1cccc(Cl)c1. The fraction of sp³-hybridized carbons (Fsp3) is 0.611. The summed E-state index contributed by atoms with van der Waals surface area (Å²) >= 11 is 6.05. The first-order valence-electron chi connectivity index (χ1n) is 8.55. The summed E-state index contributed by atoms with van der Waals surface area (Å²) in [5.74, 6) is 0. The number of ether oxygens (including phenoxy) is 1. The molecule has 1 fully saturated rings. The minimum absolute atomic E-state index is 0.0461. The molecule has 1 aromatic carbocycles. The average molecular weight is 354 g/mol. The number of amides is 2. The molecule has 5 nitrogen and oxygen atoms in total. The third kappa shape index (κ3) is 5.36. The van der Waals surface area contributed by atoms with Crippen LogP contribution in [0.25, 0.3) is 0 Å². The first kappa shape index (κ1) is 19.0. The van der Waals surface area contributed by atoms with Gasteiger partial charge in [-0.15, -0.1) is 0 Å². The van der Waals surface area contributed by atoms with Crippen LogP contribution >= 0.6 is 11.6 Å².